The third-order valence-electron chi connectivity index (χ3n) is 3.49. The molecule has 2 atom stereocenters. The van der Waals surface area contributed by atoms with Crippen LogP contribution in [0.15, 0.2) is 24.3 Å². The Kier molecular flexibility index (Phi) is 6.18. The largest absolute Gasteiger partial charge is 0.508 e. The highest BCUT2D eigenvalue weighted by Gasteiger charge is 2.31. The first-order chi connectivity index (χ1) is 9.71. The molecular weight excluding hydrogens is 270 g/mol. The molecule has 2 rings (SSSR count). The number of carbonyl (C=O) groups is 1. The van der Waals surface area contributed by atoms with E-state index < -0.39 is 12.1 Å². The van der Waals surface area contributed by atoms with Gasteiger partial charge in [-0.05, 0) is 50.8 Å². The maximum Gasteiger partial charge on any atom is 0.300 e. The number of hydrogen-bond donors (Lipinski definition) is 4. The standard InChI is InChI=1S/C14H21NO2.C2H4O2/c1-14(2)8-4-7-12(15-14)13(17)10-5-3-6-11(16)9-10;1-2(3)4/h3,5-6,9,12-13,15-17H,4,7-8H2,1-2H3;1H3,(H,3,4)/t12-,13+;/m1./s1. The number of piperidine rings is 1. The highest BCUT2D eigenvalue weighted by atomic mass is 16.4. The number of carboxylic acids is 1. The first kappa shape index (κ1) is 17.5. The van der Waals surface area contributed by atoms with Crippen LogP contribution in [0.25, 0.3) is 0 Å². The van der Waals surface area contributed by atoms with E-state index in [0.717, 1.165) is 31.7 Å². The van der Waals surface area contributed by atoms with Crippen molar-refractivity contribution in [1.29, 1.82) is 0 Å². The number of phenols is 1. The van der Waals surface area contributed by atoms with Gasteiger partial charge in [0.2, 0.25) is 0 Å². The van der Waals surface area contributed by atoms with Gasteiger partial charge >= 0.3 is 0 Å². The molecule has 5 heteroatoms. The summed E-state index contributed by atoms with van der Waals surface area (Å²) in [6.45, 7) is 5.41. The minimum Gasteiger partial charge on any atom is -0.508 e. The van der Waals surface area contributed by atoms with Crippen molar-refractivity contribution in [2.24, 2.45) is 0 Å². The summed E-state index contributed by atoms with van der Waals surface area (Å²) < 4.78 is 0. The average molecular weight is 295 g/mol. The summed E-state index contributed by atoms with van der Waals surface area (Å²) in [5.41, 5.74) is 0.862. The maximum absolute atomic E-state index is 10.3. The molecule has 118 valence electrons. The molecule has 1 aliphatic heterocycles. The highest BCUT2D eigenvalue weighted by molar-refractivity contribution is 5.62. The molecule has 1 saturated heterocycles. The van der Waals surface area contributed by atoms with Crippen molar-refractivity contribution in [3.05, 3.63) is 29.8 Å². The predicted octanol–water partition coefficient (Wildman–Crippen LogP) is 2.44. The Hall–Kier alpha value is -1.59. The zero-order valence-electron chi connectivity index (χ0n) is 12.8. The van der Waals surface area contributed by atoms with E-state index in [1.54, 1.807) is 18.2 Å². The summed E-state index contributed by atoms with van der Waals surface area (Å²) in [7, 11) is 0. The van der Waals surface area contributed by atoms with Gasteiger partial charge in [-0.2, -0.15) is 0 Å². The Morgan fingerprint density at radius 3 is 2.57 bits per heavy atom. The Labute approximate surface area is 125 Å². The van der Waals surface area contributed by atoms with E-state index in [1.807, 2.05) is 6.07 Å². The summed E-state index contributed by atoms with van der Waals surface area (Å²) in [6.07, 6.45) is 2.68. The Morgan fingerprint density at radius 2 is 2.05 bits per heavy atom. The van der Waals surface area contributed by atoms with Crippen molar-refractivity contribution in [2.75, 3.05) is 0 Å². The van der Waals surface area contributed by atoms with Crippen LogP contribution in [0.5, 0.6) is 5.75 Å². The minimum absolute atomic E-state index is 0.0700. The first-order valence-electron chi connectivity index (χ1n) is 7.15. The zero-order chi connectivity index (χ0) is 16.0. The topological polar surface area (TPSA) is 89.8 Å². The van der Waals surface area contributed by atoms with Crippen LogP contribution in [0.3, 0.4) is 0 Å². The van der Waals surface area contributed by atoms with Crippen molar-refractivity contribution in [3.63, 3.8) is 0 Å². The van der Waals surface area contributed by atoms with E-state index in [1.165, 1.54) is 0 Å². The second-order valence-corrected chi connectivity index (χ2v) is 6.09. The summed E-state index contributed by atoms with van der Waals surface area (Å²) in [5, 5.41) is 30.7. The van der Waals surface area contributed by atoms with Crippen molar-refractivity contribution in [3.8, 4) is 5.75 Å². The van der Waals surface area contributed by atoms with Crippen molar-refractivity contribution in [2.45, 2.75) is 57.7 Å². The molecule has 0 aliphatic carbocycles. The molecule has 0 saturated carbocycles. The van der Waals surface area contributed by atoms with E-state index in [0.29, 0.717) is 0 Å². The van der Waals surface area contributed by atoms with Crippen LogP contribution in [0.4, 0.5) is 0 Å². The Morgan fingerprint density at radius 1 is 1.43 bits per heavy atom. The van der Waals surface area contributed by atoms with Crippen LogP contribution < -0.4 is 5.32 Å². The van der Waals surface area contributed by atoms with Gasteiger partial charge in [0, 0.05) is 18.5 Å². The third-order valence-corrected chi connectivity index (χ3v) is 3.49. The molecule has 0 amide bonds. The Bertz CT molecular complexity index is 469. The number of benzene rings is 1. The first-order valence-corrected chi connectivity index (χ1v) is 7.15. The number of aliphatic hydroxyl groups is 1. The SMILES string of the molecule is CC(=O)O.CC1(C)CCC[C@H]([C@@H](O)c2cccc(O)c2)N1. The van der Waals surface area contributed by atoms with Crippen LogP contribution in [-0.4, -0.2) is 32.9 Å². The fraction of sp³-hybridized carbons (Fsp3) is 0.562. The smallest absolute Gasteiger partial charge is 0.300 e. The predicted molar refractivity (Wildman–Crippen MR) is 81.2 cm³/mol. The molecule has 0 unspecified atom stereocenters. The molecule has 0 aromatic heterocycles. The number of hydrogen-bond acceptors (Lipinski definition) is 4. The number of aliphatic carboxylic acids is 1. The second-order valence-electron chi connectivity index (χ2n) is 6.09. The number of rotatable bonds is 2. The zero-order valence-corrected chi connectivity index (χ0v) is 12.8. The summed E-state index contributed by atoms with van der Waals surface area (Å²) >= 11 is 0. The van der Waals surface area contributed by atoms with Gasteiger partial charge in [-0.3, -0.25) is 4.79 Å². The molecule has 0 bridgehead atoms. The van der Waals surface area contributed by atoms with Gasteiger partial charge in [-0.25, -0.2) is 0 Å². The fourth-order valence-electron chi connectivity index (χ4n) is 2.59. The minimum atomic E-state index is -0.833. The molecule has 4 N–H and O–H groups in total. The average Bonchev–Trinajstić information content (AvgIpc) is 2.36. The van der Waals surface area contributed by atoms with Gasteiger partial charge in [0.05, 0.1) is 6.10 Å². The molecule has 0 spiro atoms. The lowest BCUT2D eigenvalue weighted by molar-refractivity contribution is -0.134. The summed E-state index contributed by atoms with van der Waals surface area (Å²) in [5.74, 6) is -0.628. The molecule has 1 aliphatic rings. The lowest BCUT2D eigenvalue weighted by Crippen LogP contribution is -2.51. The van der Waals surface area contributed by atoms with E-state index in [2.05, 4.69) is 19.2 Å². The van der Waals surface area contributed by atoms with Gasteiger partial charge in [0.1, 0.15) is 5.75 Å². The molecular formula is C16H25NO4. The van der Waals surface area contributed by atoms with E-state index >= 15 is 0 Å². The van der Waals surface area contributed by atoms with Crippen LogP contribution in [0.2, 0.25) is 0 Å². The van der Waals surface area contributed by atoms with Crippen LogP contribution in [0, 0.1) is 0 Å². The van der Waals surface area contributed by atoms with Gasteiger partial charge in [0.25, 0.3) is 5.97 Å². The van der Waals surface area contributed by atoms with Crippen molar-refractivity contribution >= 4 is 5.97 Å². The summed E-state index contributed by atoms with van der Waals surface area (Å²) in [4.78, 5) is 9.00. The number of aliphatic hydroxyl groups excluding tert-OH is 1. The monoisotopic (exact) mass is 295 g/mol. The van der Waals surface area contributed by atoms with Gasteiger partial charge in [0.15, 0.2) is 0 Å². The second kappa shape index (κ2) is 7.43. The molecule has 1 fully saturated rings. The quantitative estimate of drug-likeness (QED) is 0.673. The van der Waals surface area contributed by atoms with E-state index in [4.69, 9.17) is 9.90 Å². The van der Waals surface area contributed by atoms with Crippen LogP contribution in [-0.2, 0) is 4.79 Å². The normalized spacial score (nSPS) is 21.8. The number of nitrogens with one attached hydrogen (secondary N) is 1. The van der Waals surface area contributed by atoms with Crippen molar-refractivity contribution < 1.29 is 20.1 Å². The molecule has 5 nitrogen and oxygen atoms in total. The number of phenolic OH excluding ortho intramolecular Hbond substituents is 1. The molecule has 21 heavy (non-hydrogen) atoms. The maximum atomic E-state index is 10.3. The Balaban J connectivity index is 0.000000491. The van der Waals surface area contributed by atoms with Gasteiger partial charge in [-0.1, -0.05) is 12.1 Å². The lowest BCUT2D eigenvalue weighted by Gasteiger charge is -2.39. The van der Waals surface area contributed by atoms with Crippen molar-refractivity contribution in [1.82, 2.24) is 5.32 Å². The summed E-state index contributed by atoms with van der Waals surface area (Å²) in [6, 6.07) is 6.94. The molecule has 1 aromatic carbocycles. The van der Waals surface area contributed by atoms with E-state index in [9.17, 15) is 10.2 Å². The van der Waals surface area contributed by atoms with Gasteiger partial charge in [-0.15, -0.1) is 0 Å². The number of carboxylic acid groups (broad SMARTS) is 1. The number of aromatic hydroxyl groups is 1. The lowest BCUT2D eigenvalue weighted by atomic mass is 9.85. The molecule has 1 heterocycles. The van der Waals surface area contributed by atoms with Crippen LogP contribution in [0.1, 0.15) is 51.7 Å². The fourth-order valence-corrected chi connectivity index (χ4v) is 2.59. The highest BCUT2D eigenvalue weighted by Crippen LogP contribution is 2.29. The van der Waals surface area contributed by atoms with E-state index in [-0.39, 0.29) is 17.3 Å². The molecule has 0 radical (unpaired) electrons. The molecule has 1 aromatic rings. The van der Waals surface area contributed by atoms with Gasteiger partial charge < -0.3 is 20.6 Å². The third kappa shape index (κ3) is 6.14. The van der Waals surface area contributed by atoms with Crippen LogP contribution >= 0.6 is 0 Å².